The van der Waals surface area contributed by atoms with Gasteiger partial charge in [0.1, 0.15) is 6.04 Å². The van der Waals surface area contributed by atoms with Crippen molar-refractivity contribution in [2.75, 3.05) is 65.4 Å². The molecule has 0 aromatic rings. The van der Waals surface area contributed by atoms with Crippen LogP contribution in [-0.2, 0) is 33.6 Å². The normalized spacial score (nSPS) is 18.1. The third kappa shape index (κ3) is 24.3. The fourth-order valence-corrected chi connectivity index (χ4v) is 5.98. The third-order valence-electron chi connectivity index (χ3n) is 7.97. The molecule has 0 radical (unpaired) electrons. The number of hydrogen-bond donors (Lipinski definition) is 8. The molecule has 0 spiro atoms. The second-order valence-corrected chi connectivity index (χ2v) is 18.2. The van der Waals surface area contributed by atoms with Gasteiger partial charge in [-0.15, -0.1) is 0 Å². The maximum Gasteiger partial charge on any atom is 0.326 e. The Balaban J connectivity index is 3.32. The molecule has 1 heterocycles. The van der Waals surface area contributed by atoms with Crippen LogP contribution < -0.4 is 31.9 Å². The summed E-state index contributed by atoms with van der Waals surface area (Å²) in [5.41, 5.74) is -2.46. The number of carboxylic acids is 2. The van der Waals surface area contributed by atoms with Crippen LogP contribution in [0.2, 0.25) is 0 Å². The lowest BCUT2D eigenvalue weighted by atomic mass is 9.98. The number of nitrogens with one attached hydrogen (secondary N) is 6. The highest BCUT2D eigenvalue weighted by atomic mass is 16.4. The van der Waals surface area contributed by atoms with Crippen molar-refractivity contribution in [2.24, 2.45) is 0 Å². The number of aliphatic carboxylic acids is 2. The van der Waals surface area contributed by atoms with E-state index in [2.05, 4.69) is 31.9 Å². The molecule has 2 atom stereocenters. The number of carbonyl (C=O) groups is 7. The van der Waals surface area contributed by atoms with Crippen molar-refractivity contribution in [1.29, 1.82) is 0 Å². The lowest BCUT2D eigenvalue weighted by Crippen LogP contribution is -2.55. The topological polar surface area (TPSA) is 242 Å². The number of amides is 5. The van der Waals surface area contributed by atoms with Crippen LogP contribution in [0, 0.1) is 0 Å². The van der Waals surface area contributed by atoms with Crippen molar-refractivity contribution in [3.63, 3.8) is 0 Å². The van der Waals surface area contributed by atoms with Crippen molar-refractivity contribution < 1.29 is 43.8 Å². The summed E-state index contributed by atoms with van der Waals surface area (Å²) in [5.74, 6) is -4.53. The summed E-state index contributed by atoms with van der Waals surface area (Å²) in [5, 5.41) is 35.8. The molecule has 1 unspecified atom stereocenters. The van der Waals surface area contributed by atoms with Gasteiger partial charge in [0.25, 0.3) is 0 Å². The van der Waals surface area contributed by atoms with Gasteiger partial charge in [0.05, 0.1) is 26.1 Å². The molecular weight excluding hydrogens is 714 g/mol. The number of nitrogens with zero attached hydrogens (tertiary/aromatic N) is 3. The quantitative estimate of drug-likeness (QED) is 0.103. The van der Waals surface area contributed by atoms with Gasteiger partial charge in [0.15, 0.2) is 0 Å². The highest BCUT2D eigenvalue weighted by molar-refractivity contribution is 5.87. The summed E-state index contributed by atoms with van der Waals surface area (Å²) < 4.78 is 0. The maximum absolute atomic E-state index is 13.5. The lowest BCUT2D eigenvalue weighted by Gasteiger charge is -2.35. The Kier molecular flexibility index (Phi) is 19.2. The van der Waals surface area contributed by atoms with Gasteiger partial charge in [0, 0.05) is 86.9 Å². The van der Waals surface area contributed by atoms with E-state index < -0.39 is 64.4 Å². The Hall–Kier alpha value is -3.87. The van der Waals surface area contributed by atoms with Crippen molar-refractivity contribution in [3.05, 3.63) is 0 Å². The third-order valence-corrected chi connectivity index (χ3v) is 7.97. The van der Waals surface area contributed by atoms with Crippen LogP contribution in [0.1, 0.15) is 95.4 Å². The van der Waals surface area contributed by atoms with Gasteiger partial charge < -0.3 is 42.1 Å². The van der Waals surface area contributed by atoms with Gasteiger partial charge in [-0.25, -0.2) is 4.79 Å². The molecule has 1 aliphatic heterocycles. The number of carbonyl (C=O) groups excluding carboxylic acids is 5. The summed E-state index contributed by atoms with van der Waals surface area (Å²) in [4.78, 5) is 93.9. The molecule has 18 heteroatoms. The molecule has 0 saturated carbocycles. The molecule has 0 aromatic heterocycles. The molecule has 0 aliphatic carbocycles. The van der Waals surface area contributed by atoms with Crippen molar-refractivity contribution >= 4 is 41.5 Å². The molecule has 5 amide bonds. The summed E-state index contributed by atoms with van der Waals surface area (Å²) >= 11 is 0. The second kappa shape index (κ2) is 21.4. The first-order chi connectivity index (χ1) is 25.0. The second-order valence-electron chi connectivity index (χ2n) is 18.2. The van der Waals surface area contributed by atoms with Gasteiger partial charge in [-0.05, 0) is 76.2 Å². The van der Waals surface area contributed by atoms with Crippen LogP contribution in [0.15, 0.2) is 0 Å². The van der Waals surface area contributed by atoms with E-state index in [0.717, 1.165) is 0 Å². The summed E-state index contributed by atoms with van der Waals surface area (Å²) in [7, 11) is 0. The van der Waals surface area contributed by atoms with E-state index in [1.165, 1.54) is 0 Å². The van der Waals surface area contributed by atoms with E-state index in [1.54, 1.807) is 13.8 Å². The first-order valence-corrected chi connectivity index (χ1v) is 18.9. The number of rotatable bonds is 15. The molecule has 0 bridgehead atoms. The first kappa shape index (κ1) is 49.1. The molecule has 1 aliphatic rings. The number of carboxylic acid groups (broad SMARTS) is 2. The molecule has 1 saturated heterocycles. The Morgan fingerprint density at radius 3 is 1.44 bits per heavy atom. The Morgan fingerprint density at radius 2 is 1.02 bits per heavy atom. The van der Waals surface area contributed by atoms with E-state index in [1.807, 2.05) is 77.0 Å². The average Bonchev–Trinajstić information content (AvgIpc) is 2.93. The smallest absolute Gasteiger partial charge is 0.326 e. The first-order valence-electron chi connectivity index (χ1n) is 18.9. The highest BCUT2D eigenvalue weighted by Gasteiger charge is 2.30. The molecule has 55 heavy (non-hydrogen) atoms. The molecule has 0 aromatic carbocycles. The van der Waals surface area contributed by atoms with Gasteiger partial charge in [-0.3, -0.25) is 43.5 Å². The molecular formula is C37H69N9O9. The minimum atomic E-state index is -1.62. The molecule has 18 nitrogen and oxygen atoms in total. The van der Waals surface area contributed by atoms with Gasteiger partial charge in [-0.1, -0.05) is 0 Å². The van der Waals surface area contributed by atoms with Gasteiger partial charge >= 0.3 is 11.9 Å². The maximum atomic E-state index is 13.5. The van der Waals surface area contributed by atoms with E-state index >= 15 is 0 Å². The van der Waals surface area contributed by atoms with E-state index in [9.17, 15) is 38.7 Å². The van der Waals surface area contributed by atoms with Crippen molar-refractivity contribution in [2.45, 2.75) is 130 Å². The standard InChI is InChI=1S/C37H69N9O9/c1-34(2,3)40-29(49)22-44-13-12-38-25(18-27(47)43-37(10,11)20-28(48)39-26(33(54)55)19-32(52)53)21-46(24-31(51)42-36(7,8)9)17-16-45(15-14-44)23-30(50)41-35(4,5)6/h25-26,38H,12-24H2,1-11H3,(H,39,48)(H,40,49)(H,41,50)(H,42,51)(H,43,47)(H,52,53)(H,54,55)/t25?,26-/m0/s1. The van der Waals surface area contributed by atoms with Crippen LogP contribution in [0.3, 0.4) is 0 Å². The van der Waals surface area contributed by atoms with Crippen LogP contribution in [0.4, 0.5) is 0 Å². The largest absolute Gasteiger partial charge is 0.481 e. The Morgan fingerprint density at radius 1 is 0.600 bits per heavy atom. The van der Waals surface area contributed by atoms with Crippen molar-refractivity contribution in [3.8, 4) is 0 Å². The lowest BCUT2D eigenvalue weighted by molar-refractivity contribution is -0.147. The van der Waals surface area contributed by atoms with Gasteiger partial charge in [0.2, 0.25) is 29.5 Å². The van der Waals surface area contributed by atoms with Crippen LogP contribution in [-0.4, -0.2) is 166 Å². The zero-order valence-electron chi connectivity index (χ0n) is 34.9. The Bertz CT molecular complexity index is 1340. The fourth-order valence-electron chi connectivity index (χ4n) is 5.98. The van der Waals surface area contributed by atoms with Crippen LogP contribution in [0.25, 0.3) is 0 Å². The summed E-state index contributed by atoms with van der Waals surface area (Å²) in [6, 6.07) is -2.11. The predicted molar refractivity (Wildman–Crippen MR) is 208 cm³/mol. The minimum Gasteiger partial charge on any atom is -0.481 e. The van der Waals surface area contributed by atoms with E-state index in [0.29, 0.717) is 39.3 Å². The molecule has 1 rings (SSSR count). The monoisotopic (exact) mass is 784 g/mol. The fraction of sp³-hybridized carbons (Fsp3) is 0.811. The predicted octanol–water partition coefficient (Wildman–Crippen LogP) is -0.673. The SMILES string of the molecule is CC(C)(C)NC(=O)CN1CCNC(CC(=O)NC(C)(C)CC(=O)N[C@@H](CC(=O)O)C(=O)O)CN(CC(=O)NC(C)(C)C)CCN(CC(=O)NC(C)(C)C)CC1. The summed E-state index contributed by atoms with van der Waals surface area (Å²) in [6.45, 7) is 23.4. The van der Waals surface area contributed by atoms with Gasteiger partial charge in [-0.2, -0.15) is 0 Å². The average molecular weight is 784 g/mol. The van der Waals surface area contributed by atoms with Crippen LogP contribution in [0.5, 0.6) is 0 Å². The van der Waals surface area contributed by atoms with Crippen LogP contribution >= 0.6 is 0 Å². The van der Waals surface area contributed by atoms with E-state index in [-0.39, 0.29) is 56.7 Å². The molecule has 8 N–H and O–H groups in total. The zero-order chi connectivity index (χ0) is 42.4. The summed E-state index contributed by atoms with van der Waals surface area (Å²) in [6.07, 6.45) is -1.17. The minimum absolute atomic E-state index is 0.0327. The van der Waals surface area contributed by atoms with Crippen molar-refractivity contribution in [1.82, 2.24) is 46.6 Å². The number of hydrogen-bond acceptors (Lipinski definition) is 11. The highest BCUT2D eigenvalue weighted by Crippen LogP contribution is 2.12. The zero-order valence-corrected chi connectivity index (χ0v) is 34.9. The van der Waals surface area contributed by atoms with E-state index in [4.69, 9.17) is 5.11 Å². The molecule has 1 fully saturated rings. The molecule has 316 valence electrons. The Labute approximate surface area is 326 Å².